The highest BCUT2D eigenvalue weighted by Crippen LogP contribution is 2.36. The lowest BCUT2D eigenvalue weighted by atomic mass is 10.0. The number of anilines is 1. The van der Waals surface area contributed by atoms with Crippen LogP contribution in [0.1, 0.15) is 40.4 Å². The Morgan fingerprint density at radius 3 is 2.80 bits per heavy atom. The molecular weight excluding hydrogens is 332 g/mol. The molecule has 0 spiro atoms. The van der Waals surface area contributed by atoms with Crippen LogP contribution < -0.4 is 5.32 Å². The zero-order chi connectivity index (χ0) is 17.4. The summed E-state index contributed by atoms with van der Waals surface area (Å²) >= 11 is 1.51. The lowest BCUT2D eigenvalue weighted by Gasteiger charge is -2.26. The lowest BCUT2D eigenvalue weighted by molar-refractivity contribution is -0.113. The van der Waals surface area contributed by atoms with Gasteiger partial charge in [-0.2, -0.15) is 0 Å². The molecule has 0 saturated carbocycles. The van der Waals surface area contributed by atoms with E-state index < -0.39 is 0 Å². The summed E-state index contributed by atoms with van der Waals surface area (Å²) in [6, 6.07) is 14.2. The molecule has 128 valence electrons. The maximum absolute atomic E-state index is 13.1. The summed E-state index contributed by atoms with van der Waals surface area (Å²) in [5.74, 6) is 0.457. The van der Waals surface area contributed by atoms with Crippen LogP contribution in [0.25, 0.3) is 0 Å². The number of carbonyl (C=O) groups is 2. The van der Waals surface area contributed by atoms with Crippen molar-refractivity contribution in [1.82, 2.24) is 4.90 Å². The number of hydrogen-bond acceptors (Lipinski definition) is 3. The molecule has 25 heavy (non-hydrogen) atoms. The minimum atomic E-state index is -0.0131. The second-order valence-electron chi connectivity index (χ2n) is 6.62. The summed E-state index contributed by atoms with van der Waals surface area (Å²) in [5, 5.41) is 2.86. The maximum atomic E-state index is 13.1. The van der Waals surface area contributed by atoms with E-state index >= 15 is 0 Å². The van der Waals surface area contributed by atoms with E-state index in [4.69, 9.17) is 0 Å². The Bertz CT molecular complexity index is 832. The van der Waals surface area contributed by atoms with Crippen LogP contribution in [-0.2, 0) is 4.79 Å². The van der Waals surface area contributed by atoms with Gasteiger partial charge >= 0.3 is 0 Å². The number of benzene rings is 2. The summed E-state index contributed by atoms with van der Waals surface area (Å²) in [5.41, 5.74) is 3.81. The van der Waals surface area contributed by atoms with Crippen molar-refractivity contribution in [3.63, 3.8) is 0 Å². The van der Waals surface area contributed by atoms with Crippen molar-refractivity contribution < 1.29 is 9.59 Å². The van der Waals surface area contributed by atoms with Gasteiger partial charge in [0.05, 0.1) is 17.5 Å². The minimum absolute atomic E-state index is 0.0131. The number of hydrogen-bond donors (Lipinski definition) is 1. The van der Waals surface area contributed by atoms with Gasteiger partial charge in [0.15, 0.2) is 0 Å². The molecule has 2 aromatic carbocycles. The predicted octanol–water partition coefficient (Wildman–Crippen LogP) is 4.02. The van der Waals surface area contributed by atoms with E-state index in [0.29, 0.717) is 11.3 Å². The average molecular weight is 352 g/mol. The number of nitrogens with one attached hydrogen (secondary N) is 1. The van der Waals surface area contributed by atoms with E-state index in [0.717, 1.165) is 30.0 Å². The quantitative estimate of drug-likeness (QED) is 0.888. The first-order valence-corrected chi connectivity index (χ1v) is 9.54. The molecule has 1 saturated heterocycles. The van der Waals surface area contributed by atoms with Gasteiger partial charge in [-0.25, -0.2) is 0 Å². The summed E-state index contributed by atoms with van der Waals surface area (Å²) in [7, 11) is 0. The molecule has 0 aromatic heterocycles. The molecule has 1 fully saturated rings. The van der Waals surface area contributed by atoms with Crippen LogP contribution in [0.2, 0.25) is 0 Å². The summed E-state index contributed by atoms with van der Waals surface area (Å²) in [6.07, 6.45) is 2.01. The summed E-state index contributed by atoms with van der Waals surface area (Å²) in [6.45, 7) is 2.84. The minimum Gasteiger partial charge on any atom is -0.332 e. The molecule has 0 aliphatic carbocycles. The average Bonchev–Trinajstić information content (AvgIpc) is 3.10. The molecule has 2 aliphatic heterocycles. The number of aryl methyl sites for hydroxylation is 1. The van der Waals surface area contributed by atoms with E-state index in [1.54, 1.807) is 0 Å². The molecule has 2 aliphatic rings. The number of fused-ring (bicyclic) bond motifs is 1. The highest BCUT2D eigenvalue weighted by atomic mass is 32.2. The van der Waals surface area contributed by atoms with Crippen LogP contribution in [0.5, 0.6) is 0 Å². The Balaban J connectivity index is 1.60. The highest BCUT2D eigenvalue weighted by molar-refractivity contribution is 8.00. The Kier molecular flexibility index (Phi) is 4.25. The Morgan fingerprint density at radius 1 is 1.20 bits per heavy atom. The number of likely N-dealkylation sites (tertiary alicyclic amines) is 1. The van der Waals surface area contributed by atoms with Gasteiger partial charge in [0.25, 0.3) is 5.91 Å². The third-order valence-corrected chi connectivity index (χ3v) is 5.91. The predicted molar refractivity (Wildman–Crippen MR) is 100.0 cm³/mol. The number of rotatable bonds is 2. The largest absolute Gasteiger partial charge is 0.332 e. The van der Waals surface area contributed by atoms with Crippen LogP contribution >= 0.6 is 11.8 Å². The van der Waals surface area contributed by atoms with Gasteiger partial charge in [-0.3, -0.25) is 9.59 Å². The topological polar surface area (TPSA) is 49.4 Å². The van der Waals surface area contributed by atoms with Crippen molar-refractivity contribution in [1.29, 1.82) is 0 Å². The zero-order valence-corrected chi connectivity index (χ0v) is 14.9. The smallest absolute Gasteiger partial charge is 0.254 e. The van der Waals surface area contributed by atoms with Crippen LogP contribution in [0, 0.1) is 6.92 Å². The molecule has 2 amide bonds. The van der Waals surface area contributed by atoms with Crippen molar-refractivity contribution in [2.24, 2.45) is 0 Å². The van der Waals surface area contributed by atoms with Gasteiger partial charge in [-0.15, -0.1) is 11.8 Å². The van der Waals surface area contributed by atoms with Crippen LogP contribution in [0.3, 0.4) is 0 Å². The molecular formula is C20H20N2O2S. The van der Waals surface area contributed by atoms with Crippen molar-refractivity contribution >= 4 is 29.3 Å². The fourth-order valence-electron chi connectivity index (χ4n) is 3.53. The Labute approximate surface area is 151 Å². The molecule has 1 N–H and O–H groups in total. The van der Waals surface area contributed by atoms with Gasteiger partial charge in [-0.05, 0) is 43.5 Å². The first-order chi connectivity index (χ1) is 12.1. The normalized spacial score (nSPS) is 19.5. The van der Waals surface area contributed by atoms with E-state index in [9.17, 15) is 9.59 Å². The van der Waals surface area contributed by atoms with Gasteiger partial charge in [0, 0.05) is 17.0 Å². The fourth-order valence-corrected chi connectivity index (χ4v) is 4.32. The Hall–Kier alpha value is -2.27. The monoisotopic (exact) mass is 352 g/mol. The van der Waals surface area contributed by atoms with Gasteiger partial charge < -0.3 is 10.2 Å². The summed E-state index contributed by atoms with van der Waals surface area (Å²) in [4.78, 5) is 27.7. The van der Waals surface area contributed by atoms with Crippen LogP contribution in [0.15, 0.2) is 47.4 Å². The highest BCUT2D eigenvalue weighted by Gasteiger charge is 2.31. The zero-order valence-electron chi connectivity index (χ0n) is 14.1. The third kappa shape index (κ3) is 3.16. The molecule has 2 heterocycles. The third-order valence-electron chi connectivity index (χ3n) is 4.84. The molecule has 2 aromatic rings. The standard InChI is InChI=1S/C20H20N2O2S/c1-13-4-6-14(7-5-13)17-3-2-10-22(17)20(24)15-8-9-18-16(11-15)21-19(23)12-25-18/h4-9,11,17H,2-3,10,12H2,1H3,(H,21,23). The molecule has 1 atom stereocenters. The maximum Gasteiger partial charge on any atom is 0.254 e. The van der Waals surface area contributed by atoms with Crippen molar-refractivity contribution in [3.8, 4) is 0 Å². The summed E-state index contributed by atoms with van der Waals surface area (Å²) < 4.78 is 0. The molecule has 4 nitrogen and oxygen atoms in total. The number of carbonyl (C=O) groups excluding carboxylic acids is 2. The number of thioether (sulfide) groups is 1. The number of nitrogens with zero attached hydrogens (tertiary/aromatic N) is 1. The van der Waals surface area contributed by atoms with E-state index in [2.05, 4.69) is 36.5 Å². The van der Waals surface area contributed by atoms with Gasteiger partial charge in [0.1, 0.15) is 0 Å². The van der Waals surface area contributed by atoms with Crippen LogP contribution in [0.4, 0.5) is 5.69 Å². The van der Waals surface area contributed by atoms with Crippen molar-refractivity contribution in [2.45, 2.75) is 30.7 Å². The molecule has 0 radical (unpaired) electrons. The molecule has 0 bridgehead atoms. The molecule has 5 heteroatoms. The first kappa shape index (κ1) is 16.2. The van der Waals surface area contributed by atoms with Gasteiger partial charge in [-0.1, -0.05) is 29.8 Å². The molecule has 4 rings (SSSR count). The van der Waals surface area contributed by atoms with Crippen LogP contribution in [-0.4, -0.2) is 29.0 Å². The van der Waals surface area contributed by atoms with Crippen molar-refractivity contribution in [3.05, 3.63) is 59.2 Å². The van der Waals surface area contributed by atoms with E-state index in [1.165, 1.54) is 22.9 Å². The van der Waals surface area contributed by atoms with Gasteiger partial charge in [0.2, 0.25) is 5.91 Å². The lowest BCUT2D eigenvalue weighted by Crippen LogP contribution is -2.30. The van der Waals surface area contributed by atoms with Crippen molar-refractivity contribution in [2.75, 3.05) is 17.6 Å². The second-order valence-corrected chi connectivity index (χ2v) is 7.63. The first-order valence-electron chi connectivity index (χ1n) is 8.56. The second kappa shape index (κ2) is 6.56. The Morgan fingerprint density at radius 2 is 2.00 bits per heavy atom. The van der Waals surface area contributed by atoms with E-state index in [1.807, 2.05) is 23.1 Å². The van der Waals surface area contributed by atoms with E-state index in [-0.39, 0.29) is 17.9 Å². The fraction of sp³-hybridized carbons (Fsp3) is 0.300. The SMILES string of the molecule is Cc1ccc(C2CCCN2C(=O)c2ccc3c(c2)NC(=O)CS3)cc1. The number of amides is 2. The molecule has 1 unspecified atom stereocenters.